The minimum absolute atomic E-state index is 0.158. The summed E-state index contributed by atoms with van der Waals surface area (Å²) >= 11 is 0. The number of aromatic nitrogens is 6. The van der Waals surface area contributed by atoms with E-state index in [1.165, 1.54) is 15.4 Å². The maximum atomic E-state index is 11.5. The highest BCUT2D eigenvalue weighted by Gasteiger charge is 2.52. The molecule has 126 valence electrons. The molecule has 13 heteroatoms. The van der Waals surface area contributed by atoms with Crippen LogP contribution in [0.5, 0.6) is 0 Å². The van der Waals surface area contributed by atoms with Gasteiger partial charge in [-0.1, -0.05) is 5.21 Å². The average molecular weight is 354 g/mol. The van der Waals surface area contributed by atoms with E-state index in [1.54, 1.807) is 12.4 Å². The summed E-state index contributed by atoms with van der Waals surface area (Å²) in [5.41, 5.74) is 1.37. The molecular weight excluding hydrogens is 343 g/mol. The summed E-state index contributed by atoms with van der Waals surface area (Å²) in [5.74, 6) is 0. The monoisotopic (exact) mass is 354 g/mol. The minimum atomic E-state index is -4.18. The van der Waals surface area contributed by atoms with E-state index in [0.717, 1.165) is 0 Å². The number of phosphoric ester groups is 1. The highest BCUT2D eigenvalue weighted by Crippen LogP contribution is 2.52. The molecule has 3 aromatic rings. The van der Waals surface area contributed by atoms with Crippen LogP contribution in [0.1, 0.15) is 6.23 Å². The van der Waals surface area contributed by atoms with Gasteiger partial charge in [0.2, 0.25) is 0 Å². The molecule has 24 heavy (non-hydrogen) atoms. The van der Waals surface area contributed by atoms with Gasteiger partial charge < -0.3 is 14.7 Å². The topological polar surface area (TPSA) is 146 Å². The Morgan fingerprint density at radius 2 is 2.21 bits per heavy atom. The zero-order chi connectivity index (χ0) is 16.5. The molecule has 0 aliphatic carbocycles. The smallest absolute Gasteiger partial charge is 0.386 e. The van der Waals surface area contributed by atoms with Crippen LogP contribution in [0.3, 0.4) is 0 Å². The summed E-state index contributed by atoms with van der Waals surface area (Å²) in [4.78, 5) is 17.8. The van der Waals surface area contributed by atoms with E-state index in [1.807, 2.05) is 0 Å². The first kappa shape index (κ1) is 14.4. The zero-order valence-electron chi connectivity index (χ0n) is 11.9. The quantitative estimate of drug-likeness (QED) is 0.535. The number of hydrogen-bond donors (Lipinski definition) is 2. The molecule has 0 saturated carbocycles. The molecule has 12 nitrogen and oxygen atoms in total. The van der Waals surface area contributed by atoms with Crippen LogP contribution in [-0.2, 0) is 18.3 Å². The fraction of sp³-hybridized carbons (Fsp3) is 0.455. The maximum absolute atomic E-state index is 11.5. The van der Waals surface area contributed by atoms with E-state index < -0.39 is 32.4 Å². The largest absolute Gasteiger partial charge is 0.472 e. The van der Waals surface area contributed by atoms with Crippen LogP contribution in [0.25, 0.3) is 16.8 Å². The Hall–Kier alpha value is -1.95. The van der Waals surface area contributed by atoms with Crippen LogP contribution >= 0.6 is 7.82 Å². The van der Waals surface area contributed by atoms with Gasteiger partial charge in [-0.2, -0.15) is 0 Å². The van der Waals surface area contributed by atoms with Crippen LogP contribution < -0.4 is 0 Å². The summed E-state index contributed by atoms with van der Waals surface area (Å²) < 4.78 is 29.9. The number of ether oxygens (including phenoxy) is 1. The number of fused-ring (bicyclic) bond motifs is 4. The summed E-state index contributed by atoms with van der Waals surface area (Å²) in [5, 5.41) is 18.5. The number of rotatable bonds is 1. The Balaban J connectivity index is 1.57. The van der Waals surface area contributed by atoms with Crippen LogP contribution in [0, 0.1) is 0 Å². The molecule has 0 radical (unpaired) electrons. The van der Waals surface area contributed by atoms with Crippen molar-refractivity contribution in [2.45, 2.75) is 24.5 Å². The Labute approximate surface area is 133 Å². The van der Waals surface area contributed by atoms with E-state index in [9.17, 15) is 14.6 Å². The van der Waals surface area contributed by atoms with Crippen molar-refractivity contribution in [1.29, 1.82) is 0 Å². The van der Waals surface area contributed by atoms with Crippen molar-refractivity contribution in [3.63, 3.8) is 0 Å². The van der Waals surface area contributed by atoms with Gasteiger partial charge in [-0.25, -0.2) is 19.0 Å². The van der Waals surface area contributed by atoms with Gasteiger partial charge in [0.05, 0.1) is 19.1 Å². The molecule has 5 rings (SSSR count). The molecule has 2 fully saturated rings. The molecule has 2 N–H and O–H groups in total. The number of aliphatic hydroxyl groups excluding tert-OH is 1. The van der Waals surface area contributed by atoms with E-state index in [4.69, 9.17) is 13.8 Å². The molecule has 0 aromatic carbocycles. The lowest BCUT2D eigenvalue weighted by Crippen LogP contribution is -2.39. The Bertz CT molecular complexity index is 988. The van der Waals surface area contributed by atoms with Crippen molar-refractivity contribution in [2.75, 3.05) is 6.61 Å². The number of hydrogen-bond acceptors (Lipinski definition) is 9. The Kier molecular flexibility index (Phi) is 2.87. The standard InChI is InChI=1S/C11H11N6O6P/c18-7-8-5(3-21-24(19,20)23-8)22-11(7)16-4-13-6-9-12-1-2-17(9)15-14-10(6)16/h1-2,4-5,7-8,11,18H,3H2,(H,19,20)/t5-,7-,8-,11-/m1/s1. The summed E-state index contributed by atoms with van der Waals surface area (Å²) in [6.45, 7) is -0.158. The van der Waals surface area contributed by atoms with Gasteiger partial charge in [0.15, 0.2) is 23.0 Å². The zero-order valence-corrected chi connectivity index (χ0v) is 12.8. The highest BCUT2D eigenvalue weighted by molar-refractivity contribution is 7.47. The first-order chi connectivity index (χ1) is 11.5. The third kappa shape index (κ3) is 1.95. The van der Waals surface area contributed by atoms with Gasteiger partial charge in [-0.05, 0) is 0 Å². The van der Waals surface area contributed by atoms with Gasteiger partial charge in [0.25, 0.3) is 0 Å². The predicted octanol–water partition coefficient (Wildman–Crippen LogP) is -0.752. The van der Waals surface area contributed by atoms with E-state index >= 15 is 0 Å². The molecule has 2 aliphatic rings. The van der Waals surface area contributed by atoms with Crippen molar-refractivity contribution >= 4 is 24.6 Å². The van der Waals surface area contributed by atoms with Crippen LogP contribution in [0.15, 0.2) is 18.7 Å². The number of nitrogens with zero attached hydrogens (tertiary/aromatic N) is 6. The van der Waals surface area contributed by atoms with Crippen molar-refractivity contribution in [3.05, 3.63) is 18.7 Å². The summed E-state index contributed by atoms with van der Waals surface area (Å²) in [6.07, 6.45) is 0.883. The molecule has 2 aliphatic heterocycles. The molecule has 0 amide bonds. The second-order valence-corrected chi connectivity index (χ2v) is 6.91. The predicted molar refractivity (Wildman–Crippen MR) is 74.6 cm³/mol. The molecule has 2 saturated heterocycles. The van der Waals surface area contributed by atoms with Crippen LogP contribution in [0.4, 0.5) is 0 Å². The molecule has 5 heterocycles. The lowest BCUT2D eigenvalue weighted by atomic mass is 10.1. The Morgan fingerprint density at radius 1 is 1.33 bits per heavy atom. The molecule has 5 atom stereocenters. The molecule has 0 spiro atoms. The highest BCUT2D eigenvalue weighted by atomic mass is 31.2. The third-order valence-corrected chi connectivity index (χ3v) is 5.06. The molecular formula is C11H11N6O6P. The number of aliphatic hydroxyl groups is 1. The van der Waals surface area contributed by atoms with Crippen molar-refractivity contribution in [3.8, 4) is 0 Å². The van der Waals surface area contributed by atoms with E-state index in [-0.39, 0.29) is 6.61 Å². The van der Waals surface area contributed by atoms with Gasteiger partial charge in [0.1, 0.15) is 18.3 Å². The number of imidazole rings is 2. The first-order valence-corrected chi connectivity index (χ1v) is 8.55. The fourth-order valence-electron chi connectivity index (χ4n) is 2.99. The second kappa shape index (κ2) is 4.79. The lowest BCUT2D eigenvalue weighted by molar-refractivity contribution is -0.0664. The van der Waals surface area contributed by atoms with Gasteiger partial charge in [0, 0.05) is 6.20 Å². The molecule has 1 unspecified atom stereocenters. The lowest BCUT2D eigenvalue weighted by Gasteiger charge is -2.27. The van der Waals surface area contributed by atoms with Crippen molar-refractivity contribution in [2.24, 2.45) is 0 Å². The molecule has 3 aromatic heterocycles. The van der Waals surface area contributed by atoms with E-state index in [2.05, 4.69) is 20.3 Å². The molecule has 0 bridgehead atoms. The normalized spacial score (nSPS) is 36.4. The van der Waals surface area contributed by atoms with Gasteiger partial charge in [-0.15, -0.1) is 5.10 Å². The third-order valence-electron chi connectivity index (χ3n) is 4.08. The van der Waals surface area contributed by atoms with Crippen LogP contribution in [-0.4, -0.2) is 64.3 Å². The SMILES string of the molecule is O=P1(O)OC[C@H]2O[C@@H](n3cnc4c3nnn3ccnc43)[C@H](O)[C@@H]2O1. The second-order valence-electron chi connectivity index (χ2n) is 5.50. The summed E-state index contributed by atoms with van der Waals surface area (Å²) in [7, 11) is -4.18. The first-order valence-electron chi connectivity index (χ1n) is 7.05. The van der Waals surface area contributed by atoms with Crippen molar-refractivity contribution < 1.29 is 28.3 Å². The van der Waals surface area contributed by atoms with Crippen molar-refractivity contribution in [1.82, 2.24) is 29.4 Å². The average Bonchev–Trinajstić information content (AvgIpc) is 3.23. The van der Waals surface area contributed by atoms with Crippen LogP contribution in [0.2, 0.25) is 0 Å². The summed E-state index contributed by atoms with van der Waals surface area (Å²) in [6, 6.07) is 0. The fourth-order valence-corrected chi connectivity index (χ4v) is 3.96. The van der Waals surface area contributed by atoms with Gasteiger partial charge in [-0.3, -0.25) is 13.6 Å². The number of phosphoric acid groups is 1. The maximum Gasteiger partial charge on any atom is 0.472 e. The Morgan fingerprint density at radius 3 is 3.08 bits per heavy atom. The minimum Gasteiger partial charge on any atom is -0.386 e. The van der Waals surface area contributed by atoms with E-state index in [0.29, 0.717) is 16.8 Å². The van der Waals surface area contributed by atoms with Gasteiger partial charge >= 0.3 is 7.82 Å².